The van der Waals surface area contributed by atoms with Crippen LogP contribution in [0.25, 0.3) is 10.8 Å². The van der Waals surface area contributed by atoms with E-state index in [-0.39, 0.29) is 24.8 Å². The lowest BCUT2D eigenvalue weighted by Gasteiger charge is -2.07. The third-order valence-corrected chi connectivity index (χ3v) is 2.44. The largest absolute Gasteiger partial charge is 0.398 e. The number of amides is 1. The summed E-state index contributed by atoms with van der Waals surface area (Å²) in [6.45, 7) is 0.0929. The van der Waals surface area contributed by atoms with Crippen LogP contribution in [0.4, 0.5) is 5.69 Å². The Balaban J connectivity index is 2.50. The highest BCUT2D eigenvalue weighted by Crippen LogP contribution is 2.22. The molecule has 0 unspecified atom stereocenters. The van der Waals surface area contributed by atoms with E-state index < -0.39 is 0 Å². The molecule has 17 heavy (non-hydrogen) atoms. The number of nitrogens with two attached hydrogens (primary N) is 1. The summed E-state index contributed by atoms with van der Waals surface area (Å²) in [5.74, 6) is -0.331. The second-order valence-electron chi connectivity index (χ2n) is 3.58. The minimum atomic E-state index is -0.331. The number of aliphatic hydroxyl groups excluding tert-OH is 1. The molecule has 0 atom stereocenters. The van der Waals surface area contributed by atoms with Crippen LogP contribution in [0.5, 0.6) is 0 Å². The van der Waals surface area contributed by atoms with Gasteiger partial charge in [-0.25, -0.2) is 0 Å². The van der Waals surface area contributed by atoms with E-state index in [0.717, 1.165) is 5.39 Å². The molecular formula is C12H13N3O2. The third-order valence-electron chi connectivity index (χ3n) is 2.44. The molecule has 1 aromatic heterocycles. The zero-order valence-electron chi connectivity index (χ0n) is 9.18. The van der Waals surface area contributed by atoms with E-state index in [1.807, 2.05) is 12.1 Å². The number of pyridine rings is 1. The number of benzene rings is 1. The number of hydrogen-bond acceptors (Lipinski definition) is 4. The number of hydrogen-bond donors (Lipinski definition) is 3. The number of rotatable bonds is 3. The molecule has 0 fully saturated rings. The quantitative estimate of drug-likeness (QED) is 0.673. The van der Waals surface area contributed by atoms with Crippen LogP contribution in [0, 0.1) is 0 Å². The van der Waals surface area contributed by atoms with E-state index in [0.29, 0.717) is 11.1 Å². The molecule has 0 spiro atoms. The van der Waals surface area contributed by atoms with Crippen molar-refractivity contribution in [3.8, 4) is 0 Å². The van der Waals surface area contributed by atoms with Crippen LogP contribution in [0.2, 0.25) is 0 Å². The number of anilines is 1. The molecule has 0 aliphatic carbocycles. The van der Waals surface area contributed by atoms with E-state index in [4.69, 9.17) is 10.8 Å². The smallest absolute Gasteiger partial charge is 0.270 e. The van der Waals surface area contributed by atoms with Gasteiger partial charge in [0.15, 0.2) is 0 Å². The Hall–Kier alpha value is -2.14. The van der Waals surface area contributed by atoms with Gasteiger partial charge in [-0.3, -0.25) is 9.78 Å². The molecule has 0 bridgehead atoms. The van der Waals surface area contributed by atoms with Gasteiger partial charge in [-0.05, 0) is 17.5 Å². The highest BCUT2D eigenvalue weighted by Gasteiger charge is 2.12. The number of nitrogens with one attached hydrogen (secondary N) is 1. The zero-order valence-corrected chi connectivity index (χ0v) is 9.18. The highest BCUT2D eigenvalue weighted by atomic mass is 16.3. The summed E-state index contributed by atoms with van der Waals surface area (Å²) < 4.78 is 0. The van der Waals surface area contributed by atoms with Gasteiger partial charge in [0, 0.05) is 23.8 Å². The van der Waals surface area contributed by atoms with Gasteiger partial charge in [-0.1, -0.05) is 12.1 Å². The SMILES string of the molecule is Nc1cccc2ccnc(C(=O)NCCO)c12. The van der Waals surface area contributed by atoms with Gasteiger partial charge in [0.2, 0.25) is 0 Å². The first-order chi connectivity index (χ1) is 8.24. The summed E-state index contributed by atoms with van der Waals surface area (Å²) >= 11 is 0. The van der Waals surface area contributed by atoms with Crippen molar-refractivity contribution in [1.82, 2.24) is 10.3 Å². The summed E-state index contributed by atoms with van der Waals surface area (Å²) in [6, 6.07) is 7.23. The molecule has 1 amide bonds. The predicted molar refractivity (Wildman–Crippen MR) is 65.6 cm³/mol. The minimum Gasteiger partial charge on any atom is -0.398 e. The average molecular weight is 231 g/mol. The van der Waals surface area contributed by atoms with E-state index in [9.17, 15) is 4.79 Å². The van der Waals surface area contributed by atoms with Crippen LogP contribution in [0.3, 0.4) is 0 Å². The fraction of sp³-hybridized carbons (Fsp3) is 0.167. The molecule has 1 aromatic carbocycles. The first kappa shape index (κ1) is 11.3. The zero-order chi connectivity index (χ0) is 12.3. The monoisotopic (exact) mass is 231 g/mol. The first-order valence-electron chi connectivity index (χ1n) is 5.26. The molecule has 0 saturated carbocycles. The lowest BCUT2D eigenvalue weighted by molar-refractivity contribution is 0.0941. The Kier molecular flexibility index (Phi) is 3.20. The fourth-order valence-corrected chi connectivity index (χ4v) is 1.68. The van der Waals surface area contributed by atoms with Crippen molar-refractivity contribution in [2.45, 2.75) is 0 Å². The molecule has 2 aromatic rings. The van der Waals surface area contributed by atoms with Gasteiger partial charge in [0.1, 0.15) is 5.69 Å². The molecular weight excluding hydrogens is 218 g/mol. The van der Waals surface area contributed by atoms with E-state index in [1.165, 1.54) is 0 Å². The van der Waals surface area contributed by atoms with Crippen molar-refractivity contribution in [3.63, 3.8) is 0 Å². The van der Waals surface area contributed by atoms with Crippen LogP contribution < -0.4 is 11.1 Å². The molecule has 5 nitrogen and oxygen atoms in total. The van der Waals surface area contributed by atoms with E-state index in [1.54, 1.807) is 18.3 Å². The fourth-order valence-electron chi connectivity index (χ4n) is 1.68. The maximum Gasteiger partial charge on any atom is 0.270 e. The van der Waals surface area contributed by atoms with Crippen molar-refractivity contribution in [3.05, 3.63) is 36.2 Å². The maximum absolute atomic E-state index is 11.8. The second-order valence-corrected chi connectivity index (χ2v) is 3.58. The molecule has 0 saturated heterocycles. The second kappa shape index (κ2) is 4.80. The lowest BCUT2D eigenvalue weighted by atomic mass is 10.1. The Labute approximate surface area is 98.3 Å². The van der Waals surface area contributed by atoms with Gasteiger partial charge < -0.3 is 16.2 Å². The van der Waals surface area contributed by atoms with Crippen molar-refractivity contribution in [1.29, 1.82) is 0 Å². The third kappa shape index (κ3) is 2.19. The van der Waals surface area contributed by atoms with E-state index >= 15 is 0 Å². The van der Waals surface area contributed by atoms with Crippen molar-refractivity contribution in [2.75, 3.05) is 18.9 Å². The molecule has 5 heteroatoms. The summed E-state index contributed by atoms with van der Waals surface area (Å²) in [7, 11) is 0. The van der Waals surface area contributed by atoms with Gasteiger partial charge in [0.05, 0.1) is 6.61 Å². The number of aliphatic hydroxyl groups is 1. The average Bonchev–Trinajstić information content (AvgIpc) is 2.35. The van der Waals surface area contributed by atoms with Gasteiger partial charge in [0.25, 0.3) is 5.91 Å². The maximum atomic E-state index is 11.8. The summed E-state index contributed by atoms with van der Waals surface area (Å²) in [4.78, 5) is 15.9. The van der Waals surface area contributed by atoms with Crippen LogP contribution in [0.15, 0.2) is 30.5 Å². The van der Waals surface area contributed by atoms with Crippen LogP contribution >= 0.6 is 0 Å². The van der Waals surface area contributed by atoms with Gasteiger partial charge in [-0.15, -0.1) is 0 Å². The number of nitrogen functional groups attached to an aromatic ring is 1. The number of carbonyl (C=O) groups excluding carboxylic acids is 1. The Morgan fingerprint density at radius 1 is 1.41 bits per heavy atom. The van der Waals surface area contributed by atoms with Crippen LogP contribution in [-0.2, 0) is 0 Å². The molecule has 0 aliphatic rings. The van der Waals surface area contributed by atoms with Crippen LogP contribution in [-0.4, -0.2) is 29.1 Å². The summed E-state index contributed by atoms with van der Waals surface area (Å²) in [5, 5.41) is 12.7. The number of aromatic nitrogens is 1. The first-order valence-corrected chi connectivity index (χ1v) is 5.26. The van der Waals surface area contributed by atoms with Crippen molar-refractivity contribution in [2.24, 2.45) is 0 Å². The Morgan fingerprint density at radius 3 is 3.00 bits per heavy atom. The normalized spacial score (nSPS) is 10.4. The minimum absolute atomic E-state index is 0.105. The molecule has 1 heterocycles. The number of carbonyl (C=O) groups is 1. The predicted octanol–water partition coefficient (Wildman–Crippen LogP) is 0.539. The molecule has 2 rings (SSSR count). The molecule has 88 valence electrons. The summed E-state index contributed by atoms with van der Waals surface area (Å²) in [6.07, 6.45) is 1.57. The van der Waals surface area contributed by atoms with Gasteiger partial charge >= 0.3 is 0 Å². The molecule has 0 aliphatic heterocycles. The van der Waals surface area contributed by atoms with Crippen LogP contribution in [0.1, 0.15) is 10.5 Å². The highest BCUT2D eigenvalue weighted by molar-refractivity contribution is 6.09. The van der Waals surface area contributed by atoms with Gasteiger partial charge in [-0.2, -0.15) is 0 Å². The lowest BCUT2D eigenvalue weighted by Crippen LogP contribution is -2.27. The molecule has 4 N–H and O–H groups in total. The topological polar surface area (TPSA) is 88.2 Å². The van der Waals surface area contributed by atoms with Crippen molar-refractivity contribution >= 4 is 22.4 Å². The Morgan fingerprint density at radius 2 is 2.24 bits per heavy atom. The number of nitrogens with zero attached hydrogens (tertiary/aromatic N) is 1. The Bertz CT molecular complexity index is 549. The number of fused-ring (bicyclic) bond motifs is 1. The van der Waals surface area contributed by atoms with E-state index in [2.05, 4.69) is 10.3 Å². The standard InChI is InChI=1S/C12H13N3O2/c13-9-3-1-2-8-4-5-14-11(10(8)9)12(17)15-6-7-16/h1-5,16H,6-7,13H2,(H,15,17). The molecule has 0 radical (unpaired) electrons. The van der Waals surface area contributed by atoms with Crippen molar-refractivity contribution < 1.29 is 9.90 Å². The summed E-state index contributed by atoms with van der Waals surface area (Å²) in [5.41, 5.74) is 6.66.